The smallest absolute Gasteiger partial charge is 0.176 e. The lowest BCUT2D eigenvalue weighted by Crippen LogP contribution is -2.14. The van der Waals surface area contributed by atoms with E-state index < -0.39 is 0 Å². The van der Waals surface area contributed by atoms with Crippen LogP contribution in [0.15, 0.2) is 12.1 Å². The van der Waals surface area contributed by atoms with Gasteiger partial charge in [-0.25, -0.2) is 4.68 Å². The fourth-order valence-corrected chi connectivity index (χ4v) is 2.35. The van der Waals surface area contributed by atoms with E-state index in [0.717, 1.165) is 31.6 Å². The third kappa shape index (κ3) is 2.99. The van der Waals surface area contributed by atoms with E-state index in [1.54, 1.807) is 6.07 Å². The summed E-state index contributed by atoms with van der Waals surface area (Å²) in [7, 11) is 0. The number of rotatable bonds is 6. The SMILES string of the molecule is CCNCc1c(CC)nn(-c2ccc(Cl)nn2)c1CC. The predicted octanol–water partition coefficient (Wildman–Crippen LogP) is 2.55. The zero-order chi connectivity index (χ0) is 14.5. The van der Waals surface area contributed by atoms with Crippen molar-refractivity contribution in [3.63, 3.8) is 0 Å². The van der Waals surface area contributed by atoms with Crippen molar-refractivity contribution in [2.75, 3.05) is 6.54 Å². The molecule has 5 nitrogen and oxygen atoms in total. The summed E-state index contributed by atoms with van der Waals surface area (Å²) in [6.45, 7) is 8.13. The Kier molecular flexibility index (Phi) is 5.09. The van der Waals surface area contributed by atoms with E-state index >= 15 is 0 Å². The van der Waals surface area contributed by atoms with Crippen molar-refractivity contribution in [3.8, 4) is 5.82 Å². The van der Waals surface area contributed by atoms with E-state index in [2.05, 4.69) is 41.4 Å². The van der Waals surface area contributed by atoms with Gasteiger partial charge in [0.1, 0.15) is 0 Å². The van der Waals surface area contributed by atoms with Gasteiger partial charge in [0, 0.05) is 12.1 Å². The summed E-state index contributed by atoms with van der Waals surface area (Å²) in [5.74, 6) is 0.712. The molecule has 1 N–H and O–H groups in total. The van der Waals surface area contributed by atoms with Gasteiger partial charge < -0.3 is 5.32 Å². The van der Waals surface area contributed by atoms with Crippen LogP contribution < -0.4 is 5.32 Å². The molecule has 0 saturated carbocycles. The van der Waals surface area contributed by atoms with Crippen LogP contribution in [-0.2, 0) is 19.4 Å². The van der Waals surface area contributed by atoms with Gasteiger partial charge in [0.25, 0.3) is 0 Å². The maximum absolute atomic E-state index is 5.79. The Labute approximate surface area is 124 Å². The summed E-state index contributed by atoms with van der Waals surface area (Å²) in [6.07, 6.45) is 1.81. The van der Waals surface area contributed by atoms with Crippen LogP contribution in [0, 0.1) is 0 Å². The maximum atomic E-state index is 5.79. The summed E-state index contributed by atoms with van der Waals surface area (Å²) in [5.41, 5.74) is 3.56. The van der Waals surface area contributed by atoms with Gasteiger partial charge in [-0.05, 0) is 31.5 Å². The van der Waals surface area contributed by atoms with Gasteiger partial charge in [0.15, 0.2) is 11.0 Å². The van der Waals surface area contributed by atoms with Crippen molar-refractivity contribution in [1.82, 2.24) is 25.3 Å². The van der Waals surface area contributed by atoms with Crippen molar-refractivity contribution in [2.24, 2.45) is 0 Å². The number of aryl methyl sites for hydroxylation is 1. The molecule has 2 heterocycles. The summed E-state index contributed by atoms with van der Waals surface area (Å²) < 4.78 is 1.88. The van der Waals surface area contributed by atoms with Crippen LogP contribution in [-0.4, -0.2) is 26.5 Å². The molecule has 0 aliphatic heterocycles. The molecule has 2 aromatic heterocycles. The molecule has 0 atom stereocenters. The van der Waals surface area contributed by atoms with Crippen LogP contribution in [0.25, 0.3) is 5.82 Å². The average Bonchev–Trinajstić information content (AvgIpc) is 2.83. The summed E-state index contributed by atoms with van der Waals surface area (Å²) >= 11 is 5.79. The molecule has 0 unspecified atom stereocenters. The first-order valence-corrected chi connectivity index (χ1v) is 7.38. The molecule has 108 valence electrons. The highest BCUT2D eigenvalue weighted by atomic mass is 35.5. The molecular weight excluding hydrogens is 274 g/mol. The third-order valence-corrected chi connectivity index (χ3v) is 3.43. The highest BCUT2D eigenvalue weighted by Crippen LogP contribution is 2.19. The van der Waals surface area contributed by atoms with Gasteiger partial charge in [-0.2, -0.15) is 5.10 Å². The normalized spacial score (nSPS) is 11.0. The average molecular weight is 294 g/mol. The summed E-state index contributed by atoms with van der Waals surface area (Å²) in [6, 6.07) is 3.58. The molecule has 0 aliphatic carbocycles. The van der Waals surface area contributed by atoms with E-state index in [-0.39, 0.29) is 0 Å². The lowest BCUT2D eigenvalue weighted by Gasteiger charge is -2.07. The van der Waals surface area contributed by atoms with Gasteiger partial charge in [-0.3, -0.25) is 0 Å². The van der Waals surface area contributed by atoms with Crippen molar-refractivity contribution < 1.29 is 0 Å². The number of halogens is 1. The Morgan fingerprint density at radius 3 is 2.50 bits per heavy atom. The molecule has 0 saturated heterocycles. The van der Waals surface area contributed by atoms with Gasteiger partial charge in [-0.15, -0.1) is 10.2 Å². The standard InChI is InChI=1S/C14H20ClN5/c1-4-11-10(9-16-6-3)12(5-2)20(19-11)14-8-7-13(15)17-18-14/h7-8,16H,4-6,9H2,1-3H3. The minimum Gasteiger partial charge on any atom is -0.313 e. The van der Waals surface area contributed by atoms with Crippen LogP contribution in [0.5, 0.6) is 0 Å². The second kappa shape index (κ2) is 6.81. The largest absolute Gasteiger partial charge is 0.313 e. The Hall–Kier alpha value is -1.46. The van der Waals surface area contributed by atoms with Crippen LogP contribution in [0.1, 0.15) is 37.7 Å². The minimum absolute atomic E-state index is 0.391. The number of nitrogens with one attached hydrogen (secondary N) is 1. The van der Waals surface area contributed by atoms with E-state index in [0.29, 0.717) is 11.0 Å². The fourth-order valence-electron chi connectivity index (χ4n) is 2.25. The van der Waals surface area contributed by atoms with Crippen LogP contribution in [0.3, 0.4) is 0 Å². The first-order chi connectivity index (χ1) is 9.71. The topological polar surface area (TPSA) is 55.6 Å². The monoisotopic (exact) mass is 293 g/mol. The Morgan fingerprint density at radius 2 is 1.95 bits per heavy atom. The predicted molar refractivity (Wildman–Crippen MR) is 80.3 cm³/mol. The van der Waals surface area contributed by atoms with Gasteiger partial charge in [0.05, 0.1) is 11.4 Å². The zero-order valence-electron chi connectivity index (χ0n) is 12.1. The molecule has 0 radical (unpaired) electrons. The highest BCUT2D eigenvalue weighted by Gasteiger charge is 2.16. The van der Waals surface area contributed by atoms with Crippen LogP contribution >= 0.6 is 11.6 Å². The minimum atomic E-state index is 0.391. The van der Waals surface area contributed by atoms with Crippen LogP contribution in [0.4, 0.5) is 0 Å². The molecule has 0 amide bonds. The van der Waals surface area contributed by atoms with Crippen molar-refractivity contribution in [2.45, 2.75) is 40.2 Å². The van der Waals surface area contributed by atoms with Crippen molar-refractivity contribution in [1.29, 1.82) is 0 Å². The van der Waals surface area contributed by atoms with Crippen molar-refractivity contribution in [3.05, 3.63) is 34.2 Å². The first kappa shape index (κ1) is 14.9. The van der Waals surface area contributed by atoms with Gasteiger partial charge in [0.2, 0.25) is 0 Å². The molecule has 0 aliphatic rings. The molecule has 20 heavy (non-hydrogen) atoms. The highest BCUT2D eigenvalue weighted by molar-refractivity contribution is 6.29. The lowest BCUT2D eigenvalue weighted by atomic mass is 10.1. The molecule has 0 aromatic carbocycles. The molecule has 0 spiro atoms. The third-order valence-electron chi connectivity index (χ3n) is 3.23. The van der Waals surface area contributed by atoms with E-state index in [1.165, 1.54) is 11.3 Å². The molecule has 2 rings (SSSR count). The van der Waals surface area contributed by atoms with Crippen LogP contribution in [0.2, 0.25) is 5.15 Å². The Morgan fingerprint density at radius 1 is 1.15 bits per heavy atom. The number of hydrogen-bond acceptors (Lipinski definition) is 4. The second-order valence-corrected chi connectivity index (χ2v) is 4.87. The van der Waals surface area contributed by atoms with Gasteiger partial charge >= 0.3 is 0 Å². The Balaban J connectivity index is 2.47. The van der Waals surface area contributed by atoms with Gasteiger partial charge in [-0.1, -0.05) is 32.4 Å². The molecule has 6 heteroatoms. The lowest BCUT2D eigenvalue weighted by molar-refractivity contribution is 0.710. The Bertz CT molecular complexity index is 562. The first-order valence-electron chi connectivity index (χ1n) is 7.01. The van der Waals surface area contributed by atoms with Crippen molar-refractivity contribution >= 4 is 11.6 Å². The molecular formula is C14H20ClN5. The number of hydrogen-bond donors (Lipinski definition) is 1. The second-order valence-electron chi connectivity index (χ2n) is 4.49. The fraction of sp³-hybridized carbons (Fsp3) is 0.500. The zero-order valence-corrected chi connectivity index (χ0v) is 12.9. The summed E-state index contributed by atoms with van der Waals surface area (Å²) in [4.78, 5) is 0. The number of nitrogens with zero attached hydrogens (tertiary/aromatic N) is 4. The number of aromatic nitrogens is 4. The quantitative estimate of drug-likeness (QED) is 0.889. The molecule has 0 fully saturated rings. The molecule has 0 bridgehead atoms. The van der Waals surface area contributed by atoms with E-state index in [9.17, 15) is 0 Å². The maximum Gasteiger partial charge on any atom is 0.176 e. The summed E-state index contributed by atoms with van der Waals surface area (Å²) in [5, 5.41) is 16.5. The molecule has 2 aromatic rings. The van der Waals surface area contributed by atoms with E-state index in [1.807, 2.05) is 10.7 Å². The van der Waals surface area contributed by atoms with E-state index in [4.69, 9.17) is 11.6 Å².